The number of carbonyl (C=O) groups excluding carboxylic acids is 4. The van der Waals surface area contributed by atoms with Crippen molar-refractivity contribution in [2.45, 2.75) is 79.2 Å². The minimum atomic E-state index is -1.08. The molecule has 0 heterocycles. The first kappa shape index (κ1) is 24.7. The van der Waals surface area contributed by atoms with E-state index >= 15 is 0 Å². The van der Waals surface area contributed by atoms with E-state index in [-0.39, 0.29) is 12.5 Å². The van der Waals surface area contributed by atoms with Gasteiger partial charge in [0.25, 0.3) is 0 Å². The number of hydrogen-bond donors (Lipinski definition) is 1. The average molecular weight is 389 g/mol. The summed E-state index contributed by atoms with van der Waals surface area (Å²) in [6, 6.07) is -0.994. The van der Waals surface area contributed by atoms with Crippen LogP contribution in [-0.2, 0) is 33.3 Å². The Kier molecular flexibility index (Phi) is 9.82. The molecule has 0 bridgehead atoms. The summed E-state index contributed by atoms with van der Waals surface area (Å²) in [4.78, 5) is 46.5. The highest BCUT2D eigenvalue weighted by Crippen LogP contribution is 2.19. The van der Waals surface area contributed by atoms with Crippen molar-refractivity contribution >= 4 is 24.0 Å². The van der Waals surface area contributed by atoms with Gasteiger partial charge >= 0.3 is 24.0 Å². The predicted molar refractivity (Wildman–Crippen MR) is 95.7 cm³/mol. The second-order valence-electron chi connectivity index (χ2n) is 7.44. The summed E-state index contributed by atoms with van der Waals surface area (Å²) in [7, 11) is 0. The number of alkyl carbamates (subject to hydrolysis) is 1. The molecule has 3 atom stereocenters. The van der Waals surface area contributed by atoms with E-state index < -0.39 is 47.9 Å². The van der Waals surface area contributed by atoms with E-state index in [1.807, 2.05) is 0 Å². The third-order valence-electron chi connectivity index (χ3n) is 3.17. The van der Waals surface area contributed by atoms with E-state index in [1.54, 1.807) is 34.6 Å². The molecule has 0 saturated carbocycles. The van der Waals surface area contributed by atoms with Crippen LogP contribution in [0.15, 0.2) is 0 Å². The smallest absolute Gasteiger partial charge is 0.408 e. The third-order valence-corrected chi connectivity index (χ3v) is 3.17. The Bertz CT molecular complexity index is 538. The van der Waals surface area contributed by atoms with Crippen molar-refractivity contribution < 1.29 is 38.1 Å². The second-order valence-corrected chi connectivity index (χ2v) is 7.44. The zero-order valence-corrected chi connectivity index (χ0v) is 17.3. The van der Waals surface area contributed by atoms with Crippen molar-refractivity contribution in [3.63, 3.8) is 0 Å². The lowest BCUT2D eigenvalue weighted by Crippen LogP contribution is -2.57. The van der Waals surface area contributed by atoms with Crippen molar-refractivity contribution in [1.82, 2.24) is 5.32 Å². The molecule has 0 saturated heterocycles. The molecule has 0 spiro atoms. The standard InChI is InChI=1S/C18H31NO8/c1-10(2)16(26-13(5)22)15(19-17(23)27-18(6,7)8)14(25-12(4)21)9-24-11(3)20/h10,14-16H,9H2,1-8H3,(H,19,23)/t14-,15+,16-/m1/s1. The Morgan fingerprint density at radius 3 is 1.78 bits per heavy atom. The first-order chi connectivity index (χ1) is 12.2. The van der Waals surface area contributed by atoms with Crippen LogP contribution in [0.1, 0.15) is 55.4 Å². The molecule has 0 unspecified atom stereocenters. The average Bonchev–Trinajstić information content (AvgIpc) is 2.44. The van der Waals surface area contributed by atoms with Crippen LogP contribution in [0.3, 0.4) is 0 Å². The van der Waals surface area contributed by atoms with Crippen molar-refractivity contribution in [3.05, 3.63) is 0 Å². The number of ether oxygens (including phenoxy) is 4. The van der Waals surface area contributed by atoms with Crippen molar-refractivity contribution in [3.8, 4) is 0 Å². The van der Waals surface area contributed by atoms with Gasteiger partial charge in [-0.25, -0.2) is 4.79 Å². The van der Waals surface area contributed by atoms with Crippen LogP contribution in [0.4, 0.5) is 4.79 Å². The van der Waals surface area contributed by atoms with Gasteiger partial charge in [-0.1, -0.05) is 13.8 Å². The van der Waals surface area contributed by atoms with Gasteiger partial charge in [0.05, 0.1) is 0 Å². The molecule has 0 aromatic carbocycles. The molecule has 9 nitrogen and oxygen atoms in total. The lowest BCUT2D eigenvalue weighted by molar-refractivity contribution is -0.166. The third kappa shape index (κ3) is 11.1. The van der Waals surface area contributed by atoms with Gasteiger partial charge in [0.1, 0.15) is 24.4 Å². The molecular formula is C18H31NO8. The molecule has 156 valence electrons. The van der Waals surface area contributed by atoms with Crippen LogP contribution >= 0.6 is 0 Å². The van der Waals surface area contributed by atoms with E-state index in [4.69, 9.17) is 18.9 Å². The van der Waals surface area contributed by atoms with Gasteiger partial charge in [-0.05, 0) is 26.7 Å². The molecule has 0 aliphatic rings. The molecule has 0 fully saturated rings. The van der Waals surface area contributed by atoms with Crippen molar-refractivity contribution in [1.29, 1.82) is 0 Å². The first-order valence-corrected chi connectivity index (χ1v) is 8.70. The molecule has 0 radical (unpaired) electrons. The van der Waals surface area contributed by atoms with Crippen molar-refractivity contribution in [2.75, 3.05) is 6.61 Å². The van der Waals surface area contributed by atoms with E-state index in [0.29, 0.717) is 0 Å². The van der Waals surface area contributed by atoms with Gasteiger partial charge in [0.2, 0.25) is 0 Å². The summed E-state index contributed by atoms with van der Waals surface area (Å²) in [6.45, 7) is 11.9. The summed E-state index contributed by atoms with van der Waals surface area (Å²) in [5.41, 5.74) is -0.768. The molecule has 0 aliphatic heterocycles. The molecule has 0 rings (SSSR count). The number of carbonyl (C=O) groups is 4. The summed E-state index contributed by atoms with van der Waals surface area (Å²) in [5.74, 6) is -2.05. The monoisotopic (exact) mass is 389 g/mol. The Labute approximate surface area is 160 Å². The number of nitrogens with one attached hydrogen (secondary N) is 1. The Balaban J connectivity index is 5.76. The molecule has 1 amide bonds. The molecule has 0 aromatic rings. The number of hydrogen-bond acceptors (Lipinski definition) is 8. The topological polar surface area (TPSA) is 117 Å². The molecule has 1 N–H and O–H groups in total. The van der Waals surface area contributed by atoms with Gasteiger partial charge in [0, 0.05) is 20.8 Å². The quantitative estimate of drug-likeness (QED) is 0.494. The normalized spacial score (nSPS) is 14.6. The highest BCUT2D eigenvalue weighted by molar-refractivity contribution is 5.70. The number of amides is 1. The lowest BCUT2D eigenvalue weighted by Gasteiger charge is -2.35. The van der Waals surface area contributed by atoms with Crippen molar-refractivity contribution in [2.24, 2.45) is 5.92 Å². The lowest BCUT2D eigenvalue weighted by atomic mass is 9.95. The SMILES string of the molecule is CC(=O)OC[C@@H](OC(C)=O)[C@H](NC(=O)OC(C)(C)C)[C@H](OC(C)=O)C(C)C. The van der Waals surface area contributed by atoms with Gasteiger partial charge in [-0.15, -0.1) is 0 Å². The maximum Gasteiger partial charge on any atom is 0.408 e. The predicted octanol–water partition coefficient (Wildman–Crippen LogP) is 1.96. The number of rotatable bonds is 8. The Hall–Kier alpha value is -2.32. The van der Waals surface area contributed by atoms with E-state index in [0.717, 1.165) is 0 Å². The van der Waals surface area contributed by atoms with Gasteiger partial charge in [0.15, 0.2) is 6.10 Å². The van der Waals surface area contributed by atoms with E-state index in [1.165, 1.54) is 20.8 Å². The second kappa shape index (κ2) is 10.7. The maximum absolute atomic E-state index is 12.3. The number of esters is 3. The maximum atomic E-state index is 12.3. The van der Waals surface area contributed by atoms with Crippen LogP contribution in [0.25, 0.3) is 0 Å². The van der Waals surface area contributed by atoms with Crippen LogP contribution < -0.4 is 5.32 Å². The van der Waals surface area contributed by atoms with Crippen LogP contribution in [-0.4, -0.2) is 54.5 Å². The minimum absolute atomic E-state index is 0.246. The van der Waals surface area contributed by atoms with Gasteiger partial charge < -0.3 is 24.3 Å². The highest BCUT2D eigenvalue weighted by atomic mass is 16.6. The Morgan fingerprint density at radius 1 is 0.889 bits per heavy atom. The summed E-state index contributed by atoms with van der Waals surface area (Å²) >= 11 is 0. The van der Waals surface area contributed by atoms with E-state index in [9.17, 15) is 19.2 Å². The molecule has 0 aromatic heterocycles. The fraction of sp³-hybridized carbons (Fsp3) is 0.778. The summed E-state index contributed by atoms with van der Waals surface area (Å²) < 4.78 is 20.8. The van der Waals surface area contributed by atoms with Crippen LogP contribution in [0, 0.1) is 5.92 Å². The highest BCUT2D eigenvalue weighted by Gasteiger charge is 2.38. The van der Waals surface area contributed by atoms with Crippen LogP contribution in [0.2, 0.25) is 0 Å². The molecule has 0 aliphatic carbocycles. The van der Waals surface area contributed by atoms with Gasteiger partial charge in [-0.3, -0.25) is 14.4 Å². The Morgan fingerprint density at radius 2 is 1.41 bits per heavy atom. The zero-order valence-electron chi connectivity index (χ0n) is 17.3. The van der Waals surface area contributed by atoms with Gasteiger partial charge in [-0.2, -0.15) is 0 Å². The first-order valence-electron chi connectivity index (χ1n) is 8.70. The molecule has 9 heteroatoms. The summed E-state index contributed by atoms with van der Waals surface area (Å²) in [5, 5.41) is 2.58. The molecule has 27 heavy (non-hydrogen) atoms. The summed E-state index contributed by atoms with van der Waals surface area (Å²) in [6.07, 6.45) is -2.72. The van der Waals surface area contributed by atoms with Crippen LogP contribution in [0.5, 0.6) is 0 Å². The minimum Gasteiger partial charge on any atom is -0.462 e. The largest absolute Gasteiger partial charge is 0.462 e. The van der Waals surface area contributed by atoms with E-state index in [2.05, 4.69) is 5.32 Å². The zero-order chi connectivity index (χ0) is 21.4. The fourth-order valence-electron chi connectivity index (χ4n) is 2.27. The molecular weight excluding hydrogens is 358 g/mol. The fourth-order valence-corrected chi connectivity index (χ4v) is 2.27.